The fraction of sp³-hybridized carbons (Fsp3) is 0.714. The minimum atomic E-state index is -1.03. The van der Waals surface area contributed by atoms with Crippen LogP contribution in [-0.4, -0.2) is 36.7 Å². The van der Waals surface area contributed by atoms with E-state index in [1.165, 1.54) is 6.08 Å². The van der Waals surface area contributed by atoms with Crippen LogP contribution in [0.4, 0.5) is 4.79 Å². The zero-order valence-electron chi connectivity index (χ0n) is 12.3. The van der Waals surface area contributed by atoms with Gasteiger partial charge in [0, 0.05) is 18.9 Å². The molecule has 0 radical (unpaired) electrons. The summed E-state index contributed by atoms with van der Waals surface area (Å²) in [5.41, 5.74) is -0.901. The Morgan fingerprint density at radius 1 is 1.24 bits per heavy atom. The van der Waals surface area contributed by atoms with Crippen LogP contribution >= 0.6 is 0 Å². The smallest absolute Gasteiger partial charge is 0.434 e. The van der Waals surface area contributed by atoms with Crippen molar-refractivity contribution < 1.29 is 33.6 Å². The van der Waals surface area contributed by atoms with Crippen molar-refractivity contribution in [1.29, 1.82) is 0 Å². The lowest BCUT2D eigenvalue weighted by Gasteiger charge is -2.40. The molecule has 2 fully saturated rings. The maximum Gasteiger partial charge on any atom is 0.516 e. The topological polar surface area (TPSA) is 80.3 Å². The molecule has 0 aromatic rings. The van der Waals surface area contributed by atoms with Gasteiger partial charge in [-0.25, -0.2) is 19.4 Å². The van der Waals surface area contributed by atoms with Crippen molar-refractivity contribution in [2.75, 3.05) is 13.2 Å². The standard InChI is InChI=1S/C14H20O7/c1-3-17-12(16)19-11(15)6-9-13(2)10-18-14(21-20-13)7-4-5-8-14/h6,9H,3-5,7-8,10H2,1-2H3/b9-6+. The van der Waals surface area contributed by atoms with E-state index in [9.17, 15) is 9.59 Å². The lowest BCUT2D eigenvalue weighted by atomic mass is 10.1. The molecule has 7 nitrogen and oxygen atoms in total. The summed E-state index contributed by atoms with van der Waals surface area (Å²) in [6, 6.07) is 0. The molecule has 1 heterocycles. The lowest BCUT2D eigenvalue weighted by Crippen LogP contribution is -2.48. The van der Waals surface area contributed by atoms with E-state index in [1.807, 2.05) is 0 Å². The number of esters is 1. The zero-order chi connectivity index (χ0) is 15.3. The number of rotatable bonds is 3. The van der Waals surface area contributed by atoms with Crippen molar-refractivity contribution in [3.05, 3.63) is 12.2 Å². The highest BCUT2D eigenvalue weighted by Crippen LogP contribution is 2.39. The summed E-state index contributed by atoms with van der Waals surface area (Å²) >= 11 is 0. The number of carbonyl (C=O) groups excluding carboxylic acids is 2. The Hall–Kier alpha value is -1.44. The molecule has 1 saturated carbocycles. The van der Waals surface area contributed by atoms with Crippen molar-refractivity contribution in [2.45, 2.75) is 50.9 Å². The van der Waals surface area contributed by atoms with Gasteiger partial charge in [-0.3, -0.25) is 0 Å². The van der Waals surface area contributed by atoms with Gasteiger partial charge in [0.05, 0.1) is 13.2 Å². The Bertz CT molecular complexity index is 413. The van der Waals surface area contributed by atoms with Crippen molar-refractivity contribution in [2.24, 2.45) is 0 Å². The molecular weight excluding hydrogens is 280 g/mol. The Balaban J connectivity index is 1.83. The van der Waals surface area contributed by atoms with Crippen LogP contribution in [0.3, 0.4) is 0 Å². The minimum Gasteiger partial charge on any atom is -0.434 e. The third kappa shape index (κ3) is 4.26. The van der Waals surface area contributed by atoms with E-state index in [0.717, 1.165) is 31.8 Å². The van der Waals surface area contributed by atoms with E-state index in [4.69, 9.17) is 14.5 Å². The molecule has 0 N–H and O–H groups in total. The molecule has 0 aromatic heterocycles. The number of ether oxygens (including phenoxy) is 3. The van der Waals surface area contributed by atoms with Crippen LogP contribution in [0.2, 0.25) is 0 Å². The molecule has 21 heavy (non-hydrogen) atoms. The van der Waals surface area contributed by atoms with Crippen molar-refractivity contribution >= 4 is 12.1 Å². The first-order valence-electron chi connectivity index (χ1n) is 7.06. The van der Waals surface area contributed by atoms with E-state index in [0.29, 0.717) is 0 Å². The van der Waals surface area contributed by atoms with E-state index >= 15 is 0 Å². The highest BCUT2D eigenvalue weighted by Gasteiger charge is 2.45. The average molecular weight is 300 g/mol. The molecule has 2 rings (SSSR count). The van der Waals surface area contributed by atoms with Gasteiger partial charge >= 0.3 is 12.1 Å². The Morgan fingerprint density at radius 2 is 1.95 bits per heavy atom. The summed E-state index contributed by atoms with van der Waals surface area (Å²) in [6.07, 6.45) is 5.20. The lowest BCUT2D eigenvalue weighted by molar-refractivity contribution is -0.499. The summed E-state index contributed by atoms with van der Waals surface area (Å²) in [6.45, 7) is 3.73. The second kappa shape index (κ2) is 6.55. The number of hydrogen-bond donors (Lipinski definition) is 0. The van der Waals surface area contributed by atoms with Crippen LogP contribution in [0.5, 0.6) is 0 Å². The summed E-state index contributed by atoms with van der Waals surface area (Å²) in [7, 11) is 0. The maximum atomic E-state index is 11.4. The van der Waals surface area contributed by atoms with Crippen LogP contribution in [0.1, 0.15) is 39.5 Å². The highest BCUT2D eigenvalue weighted by atomic mass is 17.2. The second-order valence-electron chi connectivity index (χ2n) is 5.32. The minimum absolute atomic E-state index is 0.139. The number of carbonyl (C=O) groups is 2. The molecule has 0 aromatic carbocycles. The van der Waals surface area contributed by atoms with E-state index in [2.05, 4.69) is 9.47 Å². The summed E-state index contributed by atoms with van der Waals surface area (Å²) in [5.74, 6) is -1.47. The van der Waals surface area contributed by atoms with Crippen molar-refractivity contribution in [1.82, 2.24) is 0 Å². The zero-order valence-corrected chi connectivity index (χ0v) is 12.3. The fourth-order valence-corrected chi connectivity index (χ4v) is 2.22. The highest BCUT2D eigenvalue weighted by molar-refractivity contribution is 5.89. The molecule has 1 spiro atoms. The Labute approximate surface area is 123 Å². The molecule has 1 atom stereocenters. The van der Waals surface area contributed by atoms with Crippen LogP contribution in [-0.2, 0) is 28.8 Å². The van der Waals surface area contributed by atoms with Gasteiger partial charge in [-0.15, -0.1) is 0 Å². The molecule has 2 aliphatic rings. The third-order valence-electron chi connectivity index (χ3n) is 3.39. The van der Waals surface area contributed by atoms with Crippen LogP contribution < -0.4 is 0 Å². The van der Waals surface area contributed by atoms with Gasteiger partial charge in [0.15, 0.2) is 0 Å². The third-order valence-corrected chi connectivity index (χ3v) is 3.39. The molecule has 0 bridgehead atoms. The first-order chi connectivity index (χ1) is 9.97. The fourth-order valence-electron chi connectivity index (χ4n) is 2.22. The summed E-state index contributed by atoms with van der Waals surface area (Å²) in [4.78, 5) is 33.1. The van der Waals surface area contributed by atoms with Gasteiger partial charge < -0.3 is 14.2 Å². The molecular formula is C14H20O7. The Morgan fingerprint density at radius 3 is 2.52 bits per heavy atom. The van der Waals surface area contributed by atoms with Gasteiger partial charge in [-0.05, 0) is 32.8 Å². The van der Waals surface area contributed by atoms with Gasteiger partial charge in [-0.2, -0.15) is 0 Å². The summed E-state index contributed by atoms with van der Waals surface area (Å²) in [5, 5.41) is 0. The maximum absolute atomic E-state index is 11.4. The van der Waals surface area contributed by atoms with Crippen molar-refractivity contribution in [3.63, 3.8) is 0 Å². The molecule has 1 saturated heterocycles. The second-order valence-corrected chi connectivity index (χ2v) is 5.32. The van der Waals surface area contributed by atoms with Gasteiger partial charge in [0.1, 0.15) is 5.60 Å². The van der Waals surface area contributed by atoms with E-state index in [1.54, 1.807) is 13.8 Å². The van der Waals surface area contributed by atoms with Gasteiger partial charge in [-0.1, -0.05) is 0 Å². The first kappa shape index (κ1) is 15.9. The predicted molar refractivity (Wildman–Crippen MR) is 70.0 cm³/mol. The number of hydrogen-bond acceptors (Lipinski definition) is 7. The monoisotopic (exact) mass is 300 g/mol. The molecule has 1 aliphatic heterocycles. The first-order valence-corrected chi connectivity index (χ1v) is 7.06. The average Bonchev–Trinajstić information content (AvgIpc) is 2.90. The van der Waals surface area contributed by atoms with Gasteiger partial charge in [0.2, 0.25) is 5.79 Å². The van der Waals surface area contributed by atoms with E-state index < -0.39 is 23.5 Å². The largest absolute Gasteiger partial charge is 0.516 e. The van der Waals surface area contributed by atoms with Crippen molar-refractivity contribution in [3.8, 4) is 0 Å². The molecule has 1 aliphatic carbocycles. The van der Waals surface area contributed by atoms with E-state index in [-0.39, 0.29) is 13.2 Å². The molecule has 7 heteroatoms. The Kier molecular flexibility index (Phi) is 4.97. The van der Waals surface area contributed by atoms with Gasteiger partial charge in [0.25, 0.3) is 0 Å². The molecule has 0 amide bonds. The SMILES string of the molecule is CCOC(=O)OC(=O)/C=C/C1(C)COC2(CCCC2)OO1. The summed E-state index contributed by atoms with van der Waals surface area (Å²) < 4.78 is 14.6. The molecule has 118 valence electrons. The molecule has 1 unspecified atom stereocenters. The van der Waals surface area contributed by atoms with Crippen LogP contribution in [0.25, 0.3) is 0 Å². The normalized spacial score (nSPS) is 27.9. The quantitative estimate of drug-likeness (QED) is 0.342. The van der Waals surface area contributed by atoms with Crippen LogP contribution in [0.15, 0.2) is 12.2 Å². The van der Waals surface area contributed by atoms with Crippen LogP contribution in [0, 0.1) is 0 Å². The predicted octanol–water partition coefficient (Wildman–Crippen LogP) is 2.25.